The molecule has 1 amide bonds. The summed E-state index contributed by atoms with van der Waals surface area (Å²) in [7, 11) is 1.60. The Morgan fingerprint density at radius 2 is 1.64 bits per heavy atom. The molecular weight excluding hydrogens is 553 g/mol. The van der Waals surface area contributed by atoms with Gasteiger partial charge in [0, 0.05) is 34.7 Å². The minimum atomic E-state index is -0.533. The molecule has 1 aliphatic rings. The van der Waals surface area contributed by atoms with Gasteiger partial charge in [0.15, 0.2) is 5.75 Å². The van der Waals surface area contributed by atoms with E-state index >= 15 is 0 Å². The van der Waals surface area contributed by atoms with Gasteiger partial charge in [0.05, 0.1) is 7.11 Å². The van der Waals surface area contributed by atoms with Gasteiger partial charge in [0.25, 0.3) is 0 Å². The number of halogens is 1. The van der Waals surface area contributed by atoms with Crippen LogP contribution in [-0.2, 0) is 4.74 Å². The van der Waals surface area contributed by atoms with Crippen molar-refractivity contribution in [1.82, 2.24) is 4.90 Å². The quantitative estimate of drug-likeness (QED) is 0.210. The molecule has 1 atom stereocenters. The number of piperidine rings is 1. The highest BCUT2D eigenvalue weighted by Gasteiger charge is 2.29. The van der Waals surface area contributed by atoms with E-state index in [9.17, 15) is 14.0 Å². The summed E-state index contributed by atoms with van der Waals surface area (Å²) < 4.78 is 32.3. The van der Waals surface area contributed by atoms with Gasteiger partial charge in [-0.25, -0.2) is 9.18 Å². The van der Waals surface area contributed by atoms with E-state index in [1.165, 1.54) is 23.5 Å². The summed E-state index contributed by atoms with van der Waals surface area (Å²) >= 11 is 1.33. The van der Waals surface area contributed by atoms with E-state index in [4.69, 9.17) is 14.2 Å². The first-order valence-electron chi connectivity index (χ1n) is 14.1. The summed E-state index contributed by atoms with van der Waals surface area (Å²) in [6, 6.07) is 16.2. The number of hydrogen-bond donors (Lipinski definition) is 0. The Hall–Kier alpha value is -3.91. The largest absolute Gasteiger partial charge is 0.497 e. The molecule has 4 aromatic rings. The zero-order valence-electron chi connectivity index (χ0n) is 24.9. The maximum atomic E-state index is 14.0. The zero-order valence-corrected chi connectivity index (χ0v) is 25.7. The first-order valence-corrected chi connectivity index (χ1v) is 14.9. The van der Waals surface area contributed by atoms with E-state index in [1.54, 1.807) is 25.9 Å². The average Bonchev–Trinajstić information content (AvgIpc) is 3.29. The third-order valence-corrected chi connectivity index (χ3v) is 8.56. The number of ether oxygens (including phenoxy) is 3. The van der Waals surface area contributed by atoms with Crippen molar-refractivity contribution in [2.75, 3.05) is 20.2 Å². The topological polar surface area (TPSA) is 65.1 Å². The van der Waals surface area contributed by atoms with E-state index < -0.39 is 5.60 Å². The fourth-order valence-electron chi connectivity index (χ4n) is 5.48. The molecule has 5 rings (SSSR count). The molecule has 220 valence electrons. The highest BCUT2D eigenvalue weighted by atomic mass is 32.1. The number of nitrogens with zero attached hydrogens (tertiary/aromatic N) is 1. The van der Waals surface area contributed by atoms with Gasteiger partial charge in [-0.05, 0) is 107 Å². The van der Waals surface area contributed by atoms with Crippen molar-refractivity contribution in [3.8, 4) is 17.2 Å². The number of amides is 1. The lowest BCUT2D eigenvalue weighted by molar-refractivity contribution is 0.0198. The molecule has 3 aromatic carbocycles. The molecule has 0 spiro atoms. The number of rotatable bonds is 6. The number of fused-ring (bicyclic) bond motifs is 1. The van der Waals surface area contributed by atoms with E-state index in [1.807, 2.05) is 63.2 Å². The van der Waals surface area contributed by atoms with Crippen molar-refractivity contribution in [1.29, 1.82) is 0 Å². The second kappa shape index (κ2) is 11.8. The van der Waals surface area contributed by atoms with Crippen LogP contribution in [0.4, 0.5) is 9.18 Å². The number of carbonyl (C=O) groups excluding carboxylic acids is 2. The Morgan fingerprint density at radius 1 is 0.976 bits per heavy atom. The van der Waals surface area contributed by atoms with Crippen LogP contribution in [0.1, 0.15) is 71.5 Å². The molecule has 8 heteroatoms. The number of aryl methyl sites for hydroxylation is 2. The fourth-order valence-corrected chi connectivity index (χ4v) is 6.59. The number of likely N-dealkylation sites (tertiary alicyclic amines) is 1. The predicted molar refractivity (Wildman–Crippen MR) is 164 cm³/mol. The van der Waals surface area contributed by atoms with Gasteiger partial charge in [0.1, 0.15) is 27.8 Å². The van der Waals surface area contributed by atoms with Crippen LogP contribution in [0.2, 0.25) is 0 Å². The molecule has 0 radical (unpaired) electrons. The summed E-state index contributed by atoms with van der Waals surface area (Å²) in [6.45, 7) is 10.4. The molecule has 6 nitrogen and oxygen atoms in total. The van der Waals surface area contributed by atoms with Crippen LogP contribution >= 0.6 is 11.3 Å². The van der Waals surface area contributed by atoms with Crippen LogP contribution in [-0.4, -0.2) is 42.6 Å². The second-order valence-corrected chi connectivity index (χ2v) is 12.9. The van der Waals surface area contributed by atoms with Crippen molar-refractivity contribution in [2.24, 2.45) is 0 Å². The van der Waals surface area contributed by atoms with Gasteiger partial charge in [-0.3, -0.25) is 4.79 Å². The Bertz CT molecular complexity index is 1610. The van der Waals surface area contributed by atoms with Crippen LogP contribution in [0.15, 0.2) is 54.6 Å². The van der Waals surface area contributed by atoms with Crippen molar-refractivity contribution in [2.45, 2.75) is 59.0 Å². The molecule has 1 fully saturated rings. The molecule has 1 aromatic heterocycles. The lowest BCUT2D eigenvalue weighted by Crippen LogP contribution is -2.42. The maximum absolute atomic E-state index is 14.0. The predicted octanol–water partition coefficient (Wildman–Crippen LogP) is 8.80. The van der Waals surface area contributed by atoms with Crippen LogP contribution in [0.25, 0.3) is 10.1 Å². The van der Waals surface area contributed by atoms with Crippen molar-refractivity contribution in [3.63, 3.8) is 0 Å². The summed E-state index contributed by atoms with van der Waals surface area (Å²) in [6.07, 6.45) is 1.60. The third kappa shape index (κ3) is 6.28. The maximum Gasteiger partial charge on any atom is 0.410 e. The SMILES string of the molecule is COc1ccc2c(Oc3ccc(C4CCCN(C(=O)OC(C)(C)C)C4)cc3)c(C(=O)c3c(C)cc(F)cc3C)sc2c1. The molecule has 0 aliphatic carbocycles. The monoisotopic (exact) mass is 589 g/mol. The summed E-state index contributed by atoms with van der Waals surface area (Å²) in [5.41, 5.74) is 2.21. The number of ketones is 1. The number of thiophene rings is 1. The summed E-state index contributed by atoms with van der Waals surface area (Å²) in [5, 5.41) is 0.797. The molecule has 0 saturated carbocycles. The lowest BCUT2D eigenvalue weighted by Gasteiger charge is -2.34. The lowest BCUT2D eigenvalue weighted by atomic mass is 9.91. The highest BCUT2D eigenvalue weighted by molar-refractivity contribution is 7.21. The summed E-state index contributed by atoms with van der Waals surface area (Å²) in [4.78, 5) is 28.8. The number of methoxy groups -OCH3 is 1. The zero-order chi connectivity index (χ0) is 30.2. The van der Waals surface area contributed by atoms with Crippen LogP contribution < -0.4 is 9.47 Å². The molecule has 42 heavy (non-hydrogen) atoms. The first-order chi connectivity index (χ1) is 19.9. The molecule has 1 unspecified atom stereocenters. The summed E-state index contributed by atoms with van der Waals surface area (Å²) in [5.74, 6) is 1.35. The normalized spacial score (nSPS) is 15.5. The van der Waals surface area contributed by atoms with E-state index in [-0.39, 0.29) is 23.6 Å². The first kappa shape index (κ1) is 29.6. The minimum absolute atomic E-state index is 0.191. The van der Waals surface area contributed by atoms with Crippen molar-refractivity contribution < 1.29 is 28.2 Å². The second-order valence-electron chi connectivity index (χ2n) is 11.8. The average molecular weight is 590 g/mol. The van der Waals surface area contributed by atoms with Crippen LogP contribution in [0.3, 0.4) is 0 Å². The highest BCUT2D eigenvalue weighted by Crippen LogP contribution is 2.43. The van der Waals surface area contributed by atoms with E-state index in [0.29, 0.717) is 51.9 Å². The molecule has 2 heterocycles. The number of benzene rings is 3. The fraction of sp³-hybridized carbons (Fsp3) is 0.353. The molecule has 0 N–H and O–H groups in total. The van der Waals surface area contributed by atoms with E-state index in [0.717, 1.165) is 28.5 Å². The third-order valence-electron chi connectivity index (χ3n) is 7.43. The minimum Gasteiger partial charge on any atom is -0.497 e. The Labute approximate surface area is 250 Å². The van der Waals surface area contributed by atoms with Gasteiger partial charge in [-0.1, -0.05) is 12.1 Å². The Morgan fingerprint density at radius 3 is 2.29 bits per heavy atom. The molecule has 1 saturated heterocycles. The Kier molecular flexibility index (Phi) is 8.28. The standard InChI is InChI=1S/C34H36FNO5S/c1-20-16-24(35)17-21(2)29(20)30(37)32-31(27-14-13-26(39-6)18-28(27)42-32)40-25-11-9-22(10-12-25)23-8-7-15-36(19-23)33(38)41-34(3,4)5/h9-14,16-18,23H,7-8,15,19H2,1-6H3. The Balaban J connectivity index is 1.43. The van der Waals surface area contributed by atoms with Crippen molar-refractivity contribution >= 4 is 33.3 Å². The van der Waals surface area contributed by atoms with Crippen LogP contribution in [0.5, 0.6) is 17.2 Å². The van der Waals surface area contributed by atoms with Crippen molar-refractivity contribution in [3.05, 3.63) is 87.5 Å². The van der Waals surface area contributed by atoms with E-state index in [2.05, 4.69) is 0 Å². The molecule has 0 bridgehead atoms. The van der Waals surface area contributed by atoms with Gasteiger partial charge < -0.3 is 19.1 Å². The number of carbonyl (C=O) groups is 2. The smallest absolute Gasteiger partial charge is 0.410 e. The van der Waals surface area contributed by atoms with Gasteiger partial charge in [-0.2, -0.15) is 0 Å². The number of hydrogen-bond acceptors (Lipinski definition) is 6. The van der Waals surface area contributed by atoms with Crippen LogP contribution in [0, 0.1) is 19.7 Å². The van der Waals surface area contributed by atoms with Gasteiger partial charge >= 0.3 is 6.09 Å². The molecule has 1 aliphatic heterocycles. The molecular formula is C34H36FNO5S. The van der Waals surface area contributed by atoms with Gasteiger partial charge in [0.2, 0.25) is 5.78 Å². The van der Waals surface area contributed by atoms with Gasteiger partial charge in [-0.15, -0.1) is 11.3 Å².